The average molecular weight is 331 g/mol. The molecule has 1 N–H and O–H groups in total. The van der Waals surface area contributed by atoms with Gasteiger partial charge in [0.15, 0.2) is 0 Å². The molecule has 0 aromatic carbocycles. The Bertz CT molecular complexity index is 168. The molecule has 0 aromatic heterocycles. The molecule has 3 nitrogen and oxygen atoms in total. The standard InChI is InChI=1S/CHF3O3S.Ta/c2-1(3,4)8(5,6)7;/h(H,5,6,7);. The number of rotatable bonds is 0. The van der Waals surface area contributed by atoms with Crippen LogP contribution in [0.1, 0.15) is 0 Å². The van der Waals surface area contributed by atoms with Gasteiger partial charge in [-0.25, -0.2) is 0 Å². The summed E-state index contributed by atoms with van der Waals surface area (Å²) in [6, 6.07) is 0. The minimum atomic E-state index is -5.84. The van der Waals surface area contributed by atoms with Crippen molar-refractivity contribution < 1.29 is 48.5 Å². The molecule has 0 bridgehead atoms. The summed E-state index contributed by atoms with van der Waals surface area (Å²) in [6.07, 6.45) is 0. The molecule has 0 heterocycles. The van der Waals surface area contributed by atoms with E-state index in [-0.39, 0.29) is 22.4 Å². The molecule has 0 spiro atoms. The van der Waals surface area contributed by atoms with Crippen LogP contribution in [0.5, 0.6) is 0 Å². The summed E-state index contributed by atoms with van der Waals surface area (Å²) in [7, 11) is -5.84. The quantitative estimate of drug-likeness (QED) is 0.516. The normalized spacial score (nSPS) is 12.4. The molecule has 55 valence electrons. The van der Waals surface area contributed by atoms with Gasteiger partial charge in [-0.3, -0.25) is 4.55 Å². The summed E-state index contributed by atoms with van der Waals surface area (Å²) in [5.41, 5.74) is -5.53. The number of halogens is 3. The third kappa shape index (κ3) is 3.93. The zero-order valence-corrected chi connectivity index (χ0v) is 7.78. The second-order valence-corrected chi connectivity index (χ2v) is 2.33. The van der Waals surface area contributed by atoms with Gasteiger partial charge in [-0.2, -0.15) is 21.6 Å². The second kappa shape index (κ2) is 3.02. The van der Waals surface area contributed by atoms with Gasteiger partial charge in [-0.15, -0.1) is 0 Å². The number of alkyl halides is 3. The Morgan fingerprint density at radius 3 is 1.33 bits per heavy atom. The molecule has 9 heavy (non-hydrogen) atoms. The first-order valence-electron chi connectivity index (χ1n) is 1.29. The smallest absolute Gasteiger partial charge is 0.279 e. The topological polar surface area (TPSA) is 54.4 Å². The van der Waals surface area contributed by atoms with Gasteiger partial charge in [-0.05, 0) is 0 Å². The predicted molar refractivity (Wildman–Crippen MR) is 17.6 cm³/mol. The number of hydrogen-bond acceptors (Lipinski definition) is 2. The molecule has 0 aliphatic rings. The molecule has 0 fully saturated rings. The van der Waals surface area contributed by atoms with Crippen LogP contribution in [0.15, 0.2) is 0 Å². The fourth-order valence-electron chi connectivity index (χ4n) is 0. The van der Waals surface area contributed by atoms with Crippen molar-refractivity contribution in [1.29, 1.82) is 0 Å². The maximum absolute atomic E-state index is 10.7. The van der Waals surface area contributed by atoms with Crippen molar-refractivity contribution in [2.24, 2.45) is 0 Å². The fourth-order valence-corrected chi connectivity index (χ4v) is 0. The minimum absolute atomic E-state index is 0. The van der Waals surface area contributed by atoms with E-state index in [2.05, 4.69) is 0 Å². The van der Waals surface area contributed by atoms with E-state index in [0.717, 1.165) is 0 Å². The van der Waals surface area contributed by atoms with Crippen molar-refractivity contribution >= 4 is 10.1 Å². The van der Waals surface area contributed by atoms with Crippen LogP contribution < -0.4 is 0 Å². The molecular formula is CHF3O3STa. The molecule has 0 aliphatic heterocycles. The second-order valence-electron chi connectivity index (χ2n) is 0.921. The Morgan fingerprint density at radius 1 is 1.22 bits per heavy atom. The minimum Gasteiger partial charge on any atom is -0.279 e. The summed E-state index contributed by atoms with van der Waals surface area (Å²) in [5.74, 6) is 0. The van der Waals surface area contributed by atoms with Crippen molar-refractivity contribution in [3.05, 3.63) is 0 Å². The van der Waals surface area contributed by atoms with Gasteiger partial charge in [0.2, 0.25) is 0 Å². The van der Waals surface area contributed by atoms with Crippen LogP contribution in [-0.4, -0.2) is 18.5 Å². The van der Waals surface area contributed by atoms with E-state index >= 15 is 0 Å². The van der Waals surface area contributed by atoms with Crippen LogP contribution in [-0.2, 0) is 32.5 Å². The molecule has 1 radical (unpaired) electrons. The summed E-state index contributed by atoms with van der Waals surface area (Å²) in [6.45, 7) is 0. The molecule has 0 aliphatic carbocycles. The van der Waals surface area contributed by atoms with Crippen LogP contribution in [0.3, 0.4) is 0 Å². The predicted octanol–water partition coefficient (Wildman–Crippen LogP) is 0.392. The Morgan fingerprint density at radius 2 is 1.33 bits per heavy atom. The zero-order valence-electron chi connectivity index (χ0n) is 3.75. The third-order valence-corrected chi connectivity index (χ3v) is 0.877. The van der Waals surface area contributed by atoms with Crippen LogP contribution in [0.25, 0.3) is 0 Å². The molecule has 0 saturated carbocycles. The Labute approximate surface area is 64.5 Å². The summed E-state index contributed by atoms with van der Waals surface area (Å²) in [4.78, 5) is 0. The van der Waals surface area contributed by atoms with E-state index in [9.17, 15) is 13.2 Å². The van der Waals surface area contributed by atoms with Crippen LogP contribution in [0, 0.1) is 0 Å². The first-order chi connectivity index (χ1) is 3.25. The molecule has 0 amide bonds. The van der Waals surface area contributed by atoms with Gasteiger partial charge in [0.1, 0.15) is 0 Å². The van der Waals surface area contributed by atoms with Crippen molar-refractivity contribution in [2.75, 3.05) is 0 Å². The van der Waals surface area contributed by atoms with E-state index in [4.69, 9.17) is 13.0 Å². The molecule has 0 saturated heterocycles. The molecule has 0 unspecified atom stereocenters. The van der Waals surface area contributed by atoms with Gasteiger partial charge >= 0.3 is 15.6 Å². The molecule has 8 heteroatoms. The van der Waals surface area contributed by atoms with E-state index in [1.165, 1.54) is 0 Å². The van der Waals surface area contributed by atoms with Crippen molar-refractivity contribution in [1.82, 2.24) is 0 Å². The Hall–Kier alpha value is 0.440. The largest absolute Gasteiger partial charge is 0.522 e. The van der Waals surface area contributed by atoms with Crippen molar-refractivity contribution in [3.63, 3.8) is 0 Å². The first kappa shape index (κ1) is 12.1. The zero-order chi connectivity index (χ0) is 7.00. The maximum Gasteiger partial charge on any atom is 0.522 e. The van der Waals surface area contributed by atoms with Crippen molar-refractivity contribution in [3.8, 4) is 0 Å². The first-order valence-corrected chi connectivity index (χ1v) is 2.73. The van der Waals surface area contributed by atoms with Gasteiger partial charge in [0.25, 0.3) is 0 Å². The van der Waals surface area contributed by atoms with E-state index in [1.54, 1.807) is 0 Å². The summed E-state index contributed by atoms with van der Waals surface area (Å²) < 4.78 is 57.5. The van der Waals surface area contributed by atoms with Gasteiger partial charge in [-0.1, -0.05) is 0 Å². The molecular weight excluding hydrogens is 330 g/mol. The van der Waals surface area contributed by atoms with E-state index in [1.807, 2.05) is 0 Å². The fraction of sp³-hybridized carbons (Fsp3) is 1.00. The van der Waals surface area contributed by atoms with Crippen LogP contribution >= 0.6 is 0 Å². The Kier molecular flexibility index (Phi) is 4.08. The molecule has 0 atom stereocenters. The number of hydrogen-bond donors (Lipinski definition) is 1. The Balaban J connectivity index is 0. The molecule has 0 aromatic rings. The summed E-state index contributed by atoms with van der Waals surface area (Å²) >= 11 is 0. The van der Waals surface area contributed by atoms with Crippen LogP contribution in [0.2, 0.25) is 0 Å². The van der Waals surface area contributed by atoms with Gasteiger partial charge < -0.3 is 0 Å². The van der Waals surface area contributed by atoms with Crippen molar-refractivity contribution in [2.45, 2.75) is 5.51 Å². The SMILES string of the molecule is O=S(=O)(O)C(F)(F)F.[Ta]. The molecule has 0 rings (SSSR count). The van der Waals surface area contributed by atoms with Crippen LogP contribution in [0.4, 0.5) is 13.2 Å². The van der Waals surface area contributed by atoms with Gasteiger partial charge in [0.05, 0.1) is 0 Å². The summed E-state index contributed by atoms with van der Waals surface area (Å²) in [5, 5.41) is 0. The average Bonchev–Trinajstić information content (AvgIpc) is 1.25. The van der Waals surface area contributed by atoms with E-state index < -0.39 is 15.6 Å². The maximum atomic E-state index is 10.7. The monoisotopic (exact) mass is 331 g/mol. The van der Waals surface area contributed by atoms with Gasteiger partial charge in [0, 0.05) is 22.4 Å². The third-order valence-electron chi connectivity index (χ3n) is 0.292. The van der Waals surface area contributed by atoms with E-state index in [0.29, 0.717) is 0 Å².